The first-order valence-electron chi connectivity index (χ1n) is 16.6. The third kappa shape index (κ3) is 5.11. The van der Waals surface area contributed by atoms with E-state index in [0.29, 0.717) is 0 Å². The largest absolute Gasteiger partial charge is 0.455 e. The maximum Gasteiger partial charge on any atom is 0.143 e. The average molecular weight is 626 g/mol. The van der Waals surface area contributed by atoms with Crippen LogP contribution in [0.3, 0.4) is 0 Å². The Morgan fingerprint density at radius 2 is 1.20 bits per heavy atom. The lowest BCUT2D eigenvalue weighted by molar-refractivity contribution is 0.670. The standard InChI is InChI=1S/C47H31NO/c1-2-3-10-31-17-26-39(27-18-31)48-46(38-24-19-32-11-4-5-13-36(32)29-38)35-22-20-34(21-23-35)42-30-37-14-7-9-16-41(37)45-44-40-15-8-6-12-33(40)25-28-43(44)49-47(42)45/h2-30H,1H2/b10-3-,48-46?. The summed E-state index contributed by atoms with van der Waals surface area (Å²) in [5.41, 5.74) is 9.02. The van der Waals surface area contributed by atoms with Crippen molar-refractivity contribution in [3.63, 3.8) is 0 Å². The molecule has 8 aromatic carbocycles. The van der Waals surface area contributed by atoms with Crippen LogP contribution < -0.4 is 0 Å². The molecule has 0 bridgehead atoms. The quantitative estimate of drug-likeness (QED) is 0.133. The van der Waals surface area contributed by atoms with Gasteiger partial charge in [-0.1, -0.05) is 152 Å². The zero-order valence-electron chi connectivity index (χ0n) is 26.8. The van der Waals surface area contributed by atoms with E-state index in [0.717, 1.165) is 55.8 Å². The Kier molecular flexibility index (Phi) is 6.99. The molecule has 0 atom stereocenters. The minimum atomic E-state index is 0.897. The van der Waals surface area contributed by atoms with Crippen LogP contribution in [0.2, 0.25) is 0 Å². The van der Waals surface area contributed by atoms with Gasteiger partial charge in [0.2, 0.25) is 0 Å². The normalized spacial score (nSPS) is 12.2. The maximum absolute atomic E-state index is 6.72. The SMILES string of the molecule is C=C/C=C\c1ccc(N=C(c2ccc(-c3cc4ccccc4c4c3oc3ccc5ccccc5c34)cc2)c2ccc3ccccc3c2)cc1. The zero-order chi connectivity index (χ0) is 32.7. The van der Waals surface area contributed by atoms with Gasteiger partial charge in [0.05, 0.1) is 11.4 Å². The Balaban J connectivity index is 1.21. The molecule has 2 heteroatoms. The van der Waals surface area contributed by atoms with Gasteiger partial charge in [0.25, 0.3) is 0 Å². The van der Waals surface area contributed by atoms with Crippen molar-refractivity contribution >= 4 is 71.7 Å². The van der Waals surface area contributed by atoms with Gasteiger partial charge in [0.1, 0.15) is 11.2 Å². The second-order valence-electron chi connectivity index (χ2n) is 12.4. The summed E-state index contributed by atoms with van der Waals surface area (Å²) in [7, 11) is 0. The Hall–Kier alpha value is -6.51. The van der Waals surface area contributed by atoms with Gasteiger partial charge in [-0.3, -0.25) is 0 Å². The minimum Gasteiger partial charge on any atom is -0.455 e. The Bertz CT molecular complexity index is 2760. The smallest absolute Gasteiger partial charge is 0.143 e. The molecule has 1 aromatic heterocycles. The van der Waals surface area contributed by atoms with Crippen LogP contribution in [0.25, 0.3) is 71.5 Å². The van der Waals surface area contributed by atoms with Crippen molar-refractivity contribution in [2.75, 3.05) is 0 Å². The molecule has 0 aliphatic heterocycles. The molecule has 9 rings (SSSR count). The summed E-state index contributed by atoms with van der Waals surface area (Å²) in [4.78, 5) is 5.23. The van der Waals surface area contributed by atoms with E-state index in [1.807, 2.05) is 12.2 Å². The summed E-state index contributed by atoms with van der Waals surface area (Å²) in [6, 6.07) is 55.8. The number of furan rings is 1. The third-order valence-corrected chi connectivity index (χ3v) is 9.41. The summed E-state index contributed by atoms with van der Waals surface area (Å²) in [6.45, 7) is 3.78. The molecule has 0 spiro atoms. The molecule has 0 aliphatic rings. The van der Waals surface area contributed by atoms with E-state index >= 15 is 0 Å². The van der Waals surface area contributed by atoms with E-state index in [9.17, 15) is 0 Å². The van der Waals surface area contributed by atoms with E-state index in [2.05, 4.69) is 164 Å². The van der Waals surface area contributed by atoms with Crippen LogP contribution in [-0.2, 0) is 0 Å². The molecule has 0 saturated carbocycles. The number of benzene rings is 8. The van der Waals surface area contributed by atoms with Crippen molar-refractivity contribution in [3.8, 4) is 11.1 Å². The van der Waals surface area contributed by atoms with Crippen LogP contribution in [0, 0.1) is 0 Å². The molecule has 0 aliphatic carbocycles. The van der Waals surface area contributed by atoms with Crippen molar-refractivity contribution in [2.24, 2.45) is 4.99 Å². The Morgan fingerprint density at radius 3 is 1.98 bits per heavy atom. The fourth-order valence-electron chi connectivity index (χ4n) is 7.01. The number of aliphatic imine (C=N–C) groups is 1. The van der Waals surface area contributed by atoms with Gasteiger partial charge in [-0.15, -0.1) is 0 Å². The predicted octanol–water partition coefficient (Wildman–Crippen LogP) is 13.1. The number of rotatable bonds is 6. The first-order valence-corrected chi connectivity index (χ1v) is 16.6. The first-order chi connectivity index (χ1) is 24.2. The average Bonchev–Trinajstić information content (AvgIpc) is 3.57. The molecule has 49 heavy (non-hydrogen) atoms. The first kappa shape index (κ1) is 28.7. The highest BCUT2D eigenvalue weighted by Gasteiger charge is 2.18. The Labute approximate surface area is 284 Å². The fraction of sp³-hybridized carbons (Fsp3) is 0. The molecule has 0 N–H and O–H groups in total. The lowest BCUT2D eigenvalue weighted by Gasteiger charge is -2.12. The van der Waals surface area contributed by atoms with Gasteiger partial charge in [0.15, 0.2) is 0 Å². The molecule has 0 saturated heterocycles. The number of fused-ring (bicyclic) bond motifs is 8. The number of hydrogen-bond acceptors (Lipinski definition) is 2. The fourth-order valence-corrected chi connectivity index (χ4v) is 7.01. The van der Waals surface area contributed by atoms with Crippen molar-refractivity contribution < 1.29 is 4.42 Å². The summed E-state index contributed by atoms with van der Waals surface area (Å²) < 4.78 is 6.72. The molecule has 0 radical (unpaired) electrons. The number of nitrogens with zero attached hydrogens (tertiary/aromatic N) is 1. The van der Waals surface area contributed by atoms with Gasteiger partial charge < -0.3 is 4.42 Å². The lowest BCUT2D eigenvalue weighted by atomic mass is 9.93. The van der Waals surface area contributed by atoms with Gasteiger partial charge in [-0.05, 0) is 73.8 Å². The van der Waals surface area contributed by atoms with E-state index in [1.165, 1.54) is 37.7 Å². The highest BCUT2D eigenvalue weighted by atomic mass is 16.3. The minimum absolute atomic E-state index is 0.897. The second-order valence-corrected chi connectivity index (χ2v) is 12.4. The number of allylic oxidation sites excluding steroid dienone is 2. The molecular weight excluding hydrogens is 595 g/mol. The van der Waals surface area contributed by atoms with E-state index in [4.69, 9.17) is 9.41 Å². The van der Waals surface area contributed by atoms with Gasteiger partial charge in [-0.25, -0.2) is 4.99 Å². The Morgan fingerprint density at radius 1 is 0.551 bits per heavy atom. The summed E-state index contributed by atoms with van der Waals surface area (Å²) >= 11 is 0. The van der Waals surface area contributed by atoms with E-state index in [1.54, 1.807) is 6.08 Å². The van der Waals surface area contributed by atoms with E-state index in [-0.39, 0.29) is 0 Å². The van der Waals surface area contributed by atoms with Crippen molar-refractivity contribution in [2.45, 2.75) is 0 Å². The summed E-state index contributed by atoms with van der Waals surface area (Å²) in [5, 5.41) is 9.52. The van der Waals surface area contributed by atoms with Crippen LogP contribution >= 0.6 is 0 Å². The van der Waals surface area contributed by atoms with Crippen LogP contribution in [0.5, 0.6) is 0 Å². The molecule has 230 valence electrons. The molecular formula is C47H31NO. The van der Waals surface area contributed by atoms with Crippen molar-refractivity contribution in [1.82, 2.24) is 0 Å². The summed E-state index contributed by atoms with van der Waals surface area (Å²) in [5.74, 6) is 0. The highest BCUT2D eigenvalue weighted by Crippen LogP contribution is 2.43. The van der Waals surface area contributed by atoms with Crippen molar-refractivity contribution in [3.05, 3.63) is 193 Å². The maximum atomic E-state index is 6.72. The lowest BCUT2D eigenvalue weighted by Crippen LogP contribution is -2.03. The predicted molar refractivity (Wildman–Crippen MR) is 209 cm³/mol. The van der Waals surface area contributed by atoms with Crippen molar-refractivity contribution in [1.29, 1.82) is 0 Å². The third-order valence-electron chi connectivity index (χ3n) is 9.41. The van der Waals surface area contributed by atoms with Gasteiger partial charge >= 0.3 is 0 Å². The van der Waals surface area contributed by atoms with Crippen LogP contribution in [0.15, 0.2) is 186 Å². The molecule has 0 unspecified atom stereocenters. The van der Waals surface area contributed by atoms with Gasteiger partial charge in [0, 0.05) is 27.5 Å². The van der Waals surface area contributed by atoms with Gasteiger partial charge in [-0.2, -0.15) is 0 Å². The topological polar surface area (TPSA) is 25.5 Å². The summed E-state index contributed by atoms with van der Waals surface area (Å²) in [6.07, 6.45) is 5.77. The van der Waals surface area contributed by atoms with Crippen LogP contribution in [-0.4, -0.2) is 5.71 Å². The molecule has 9 aromatic rings. The molecule has 2 nitrogen and oxygen atoms in total. The second kappa shape index (κ2) is 11.9. The van der Waals surface area contributed by atoms with E-state index < -0.39 is 0 Å². The molecule has 0 amide bonds. The van der Waals surface area contributed by atoms with Crippen LogP contribution in [0.1, 0.15) is 16.7 Å². The monoisotopic (exact) mass is 625 g/mol. The molecule has 0 fully saturated rings. The zero-order valence-corrected chi connectivity index (χ0v) is 26.8. The van der Waals surface area contributed by atoms with Crippen LogP contribution in [0.4, 0.5) is 5.69 Å². The highest BCUT2D eigenvalue weighted by molar-refractivity contribution is 6.28. The number of hydrogen-bond donors (Lipinski definition) is 0. The molecule has 1 heterocycles.